The topological polar surface area (TPSA) is 69.2 Å². The SMILES string of the molecule is CC(C)CCn1nc(N2CCOCC2)nc1N. The van der Waals surface area contributed by atoms with E-state index in [4.69, 9.17) is 10.5 Å². The van der Waals surface area contributed by atoms with E-state index in [0.29, 0.717) is 11.9 Å². The Kier molecular flexibility index (Phi) is 3.83. The van der Waals surface area contributed by atoms with Crippen molar-refractivity contribution in [3.63, 3.8) is 0 Å². The Morgan fingerprint density at radius 3 is 2.71 bits per heavy atom. The Hall–Kier alpha value is -1.30. The maximum Gasteiger partial charge on any atom is 0.246 e. The standard InChI is InChI=1S/C11H21N5O/c1-9(2)3-4-16-10(12)13-11(14-16)15-5-7-17-8-6-15/h9H,3-8H2,1-2H3,(H2,12,13,14). The van der Waals surface area contributed by atoms with E-state index in [2.05, 4.69) is 28.8 Å². The fourth-order valence-electron chi connectivity index (χ4n) is 1.78. The number of hydrogen-bond donors (Lipinski definition) is 1. The van der Waals surface area contributed by atoms with Crippen molar-refractivity contribution in [1.29, 1.82) is 0 Å². The predicted octanol–water partition coefficient (Wildman–Crippen LogP) is 0.743. The molecular formula is C11H21N5O. The lowest BCUT2D eigenvalue weighted by Gasteiger charge is -2.25. The highest BCUT2D eigenvalue weighted by Crippen LogP contribution is 2.14. The first-order valence-electron chi connectivity index (χ1n) is 6.20. The van der Waals surface area contributed by atoms with Crippen LogP contribution in [0, 0.1) is 5.92 Å². The zero-order valence-electron chi connectivity index (χ0n) is 10.6. The van der Waals surface area contributed by atoms with E-state index in [1.54, 1.807) is 4.68 Å². The lowest BCUT2D eigenvalue weighted by molar-refractivity contribution is 0.122. The van der Waals surface area contributed by atoms with Gasteiger partial charge in [-0.3, -0.25) is 0 Å². The van der Waals surface area contributed by atoms with Gasteiger partial charge in [0.25, 0.3) is 0 Å². The van der Waals surface area contributed by atoms with Crippen molar-refractivity contribution >= 4 is 11.9 Å². The van der Waals surface area contributed by atoms with Crippen molar-refractivity contribution in [2.75, 3.05) is 36.9 Å². The molecule has 1 fully saturated rings. The average Bonchev–Trinajstić information content (AvgIpc) is 2.69. The van der Waals surface area contributed by atoms with Crippen LogP contribution >= 0.6 is 0 Å². The van der Waals surface area contributed by atoms with E-state index in [1.165, 1.54) is 0 Å². The van der Waals surface area contributed by atoms with Crippen LogP contribution in [0.1, 0.15) is 20.3 Å². The molecule has 0 radical (unpaired) electrons. The van der Waals surface area contributed by atoms with Crippen molar-refractivity contribution in [1.82, 2.24) is 14.8 Å². The second kappa shape index (κ2) is 5.35. The summed E-state index contributed by atoms with van der Waals surface area (Å²) in [5, 5.41) is 4.46. The van der Waals surface area contributed by atoms with Crippen molar-refractivity contribution in [3.05, 3.63) is 0 Å². The number of nitrogens with zero attached hydrogens (tertiary/aromatic N) is 4. The van der Waals surface area contributed by atoms with E-state index in [0.717, 1.165) is 45.2 Å². The van der Waals surface area contributed by atoms with Crippen LogP contribution in [0.25, 0.3) is 0 Å². The summed E-state index contributed by atoms with van der Waals surface area (Å²) in [5.41, 5.74) is 5.87. The highest BCUT2D eigenvalue weighted by Gasteiger charge is 2.17. The van der Waals surface area contributed by atoms with Crippen LogP contribution in [-0.4, -0.2) is 41.1 Å². The maximum absolute atomic E-state index is 5.87. The lowest BCUT2D eigenvalue weighted by atomic mass is 10.1. The number of nitrogen functional groups attached to an aromatic ring is 1. The molecule has 1 saturated heterocycles. The summed E-state index contributed by atoms with van der Waals surface area (Å²) in [7, 11) is 0. The zero-order chi connectivity index (χ0) is 12.3. The van der Waals surface area contributed by atoms with E-state index >= 15 is 0 Å². The molecule has 0 spiro atoms. The minimum absolute atomic E-state index is 0.507. The third-order valence-electron chi connectivity index (χ3n) is 2.90. The summed E-state index contributed by atoms with van der Waals surface area (Å²) in [6.07, 6.45) is 1.07. The number of ether oxygens (including phenoxy) is 1. The summed E-state index contributed by atoms with van der Waals surface area (Å²) < 4.78 is 7.10. The van der Waals surface area contributed by atoms with E-state index < -0.39 is 0 Å². The van der Waals surface area contributed by atoms with Crippen molar-refractivity contribution in [2.45, 2.75) is 26.8 Å². The number of rotatable bonds is 4. The van der Waals surface area contributed by atoms with Gasteiger partial charge in [-0.1, -0.05) is 13.8 Å². The summed E-state index contributed by atoms with van der Waals surface area (Å²) in [6.45, 7) is 8.37. The molecule has 1 aliphatic heterocycles. The largest absolute Gasteiger partial charge is 0.378 e. The lowest BCUT2D eigenvalue weighted by Crippen LogP contribution is -2.37. The molecule has 2 N–H and O–H groups in total. The Bertz CT molecular complexity index is 357. The number of aryl methyl sites for hydroxylation is 1. The third kappa shape index (κ3) is 3.09. The van der Waals surface area contributed by atoms with Crippen LogP contribution in [0.2, 0.25) is 0 Å². The van der Waals surface area contributed by atoms with Crippen molar-refractivity contribution < 1.29 is 4.74 Å². The van der Waals surface area contributed by atoms with Crippen LogP contribution < -0.4 is 10.6 Å². The summed E-state index contributed by atoms with van der Waals surface area (Å²) in [4.78, 5) is 6.43. The van der Waals surface area contributed by atoms with Gasteiger partial charge in [0.05, 0.1) is 13.2 Å². The molecule has 2 rings (SSSR count). The van der Waals surface area contributed by atoms with Gasteiger partial charge in [-0.15, -0.1) is 5.10 Å². The molecule has 17 heavy (non-hydrogen) atoms. The molecule has 96 valence electrons. The van der Waals surface area contributed by atoms with Crippen LogP contribution in [0.3, 0.4) is 0 Å². The van der Waals surface area contributed by atoms with Crippen LogP contribution in [-0.2, 0) is 11.3 Å². The smallest absolute Gasteiger partial charge is 0.246 e. The minimum Gasteiger partial charge on any atom is -0.378 e. The van der Waals surface area contributed by atoms with Gasteiger partial charge >= 0.3 is 0 Å². The van der Waals surface area contributed by atoms with Gasteiger partial charge in [0.15, 0.2) is 0 Å². The highest BCUT2D eigenvalue weighted by molar-refractivity contribution is 5.35. The molecule has 2 heterocycles. The second-order valence-corrected chi connectivity index (χ2v) is 4.78. The highest BCUT2D eigenvalue weighted by atomic mass is 16.5. The Morgan fingerprint density at radius 1 is 1.35 bits per heavy atom. The first kappa shape index (κ1) is 12.2. The van der Waals surface area contributed by atoms with Crippen LogP contribution in [0.4, 0.5) is 11.9 Å². The predicted molar refractivity (Wildman–Crippen MR) is 66.9 cm³/mol. The summed E-state index contributed by atoms with van der Waals surface area (Å²) >= 11 is 0. The van der Waals surface area contributed by atoms with Gasteiger partial charge in [0.1, 0.15) is 0 Å². The number of morpholine rings is 1. The number of hydrogen-bond acceptors (Lipinski definition) is 5. The molecule has 0 amide bonds. The van der Waals surface area contributed by atoms with Gasteiger partial charge < -0.3 is 15.4 Å². The van der Waals surface area contributed by atoms with Gasteiger partial charge in [-0.05, 0) is 12.3 Å². The molecule has 0 atom stereocenters. The molecule has 6 nitrogen and oxygen atoms in total. The van der Waals surface area contributed by atoms with Gasteiger partial charge in [-0.25, -0.2) is 4.68 Å². The molecule has 1 aromatic rings. The Morgan fingerprint density at radius 2 is 2.06 bits per heavy atom. The second-order valence-electron chi connectivity index (χ2n) is 4.78. The monoisotopic (exact) mass is 239 g/mol. The number of anilines is 2. The Labute approximate surface area is 102 Å². The van der Waals surface area contributed by atoms with Crippen molar-refractivity contribution in [3.8, 4) is 0 Å². The van der Waals surface area contributed by atoms with Crippen molar-refractivity contribution in [2.24, 2.45) is 5.92 Å². The van der Waals surface area contributed by atoms with E-state index in [9.17, 15) is 0 Å². The molecule has 1 aromatic heterocycles. The summed E-state index contributed by atoms with van der Waals surface area (Å²) in [6, 6.07) is 0. The number of nitrogens with two attached hydrogens (primary N) is 1. The third-order valence-corrected chi connectivity index (χ3v) is 2.90. The fourth-order valence-corrected chi connectivity index (χ4v) is 1.78. The molecule has 1 aliphatic rings. The molecule has 0 bridgehead atoms. The fraction of sp³-hybridized carbons (Fsp3) is 0.818. The van der Waals surface area contributed by atoms with Gasteiger partial charge in [0.2, 0.25) is 11.9 Å². The van der Waals surface area contributed by atoms with E-state index in [-0.39, 0.29) is 0 Å². The average molecular weight is 239 g/mol. The molecule has 6 heteroatoms. The minimum atomic E-state index is 0.507. The quantitative estimate of drug-likeness (QED) is 0.839. The maximum atomic E-state index is 5.87. The first-order chi connectivity index (χ1) is 8.16. The molecular weight excluding hydrogens is 218 g/mol. The van der Waals surface area contributed by atoms with E-state index in [1.807, 2.05) is 0 Å². The van der Waals surface area contributed by atoms with Crippen LogP contribution in [0.15, 0.2) is 0 Å². The normalized spacial score (nSPS) is 16.8. The van der Waals surface area contributed by atoms with Crippen LogP contribution in [0.5, 0.6) is 0 Å². The molecule has 0 aromatic carbocycles. The molecule has 0 saturated carbocycles. The van der Waals surface area contributed by atoms with Gasteiger partial charge in [0, 0.05) is 19.6 Å². The van der Waals surface area contributed by atoms with Gasteiger partial charge in [-0.2, -0.15) is 4.98 Å². The number of aromatic nitrogens is 3. The first-order valence-corrected chi connectivity index (χ1v) is 6.20. The Balaban J connectivity index is 2.01. The zero-order valence-corrected chi connectivity index (χ0v) is 10.6. The molecule has 0 unspecified atom stereocenters. The summed E-state index contributed by atoms with van der Waals surface area (Å²) in [5.74, 6) is 1.88. The molecule has 0 aliphatic carbocycles.